The van der Waals surface area contributed by atoms with E-state index in [-0.39, 0.29) is 0 Å². The second kappa shape index (κ2) is 1.62. The van der Waals surface area contributed by atoms with Crippen LogP contribution in [0.5, 0.6) is 0 Å². The van der Waals surface area contributed by atoms with Crippen molar-refractivity contribution in [2.45, 2.75) is 0 Å². The molecular formula is C6H7N3. The van der Waals surface area contributed by atoms with Crippen molar-refractivity contribution in [3.05, 3.63) is 24.4 Å². The summed E-state index contributed by atoms with van der Waals surface area (Å²) in [5.41, 5.74) is 0. The van der Waals surface area contributed by atoms with Crippen molar-refractivity contribution >= 4 is 6.21 Å². The smallest absolute Gasteiger partial charge is 0.129 e. The van der Waals surface area contributed by atoms with Crippen LogP contribution in [0.15, 0.2) is 29.4 Å². The van der Waals surface area contributed by atoms with Crippen LogP contribution in [0.4, 0.5) is 0 Å². The Balaban J connectivity index is 2.29. The first-order chi connectivity index (χ1) is 4.47. The molecule has 2 aliphatic heterocycles. The van der Waals surface area contributed by atoms with Crippen LogP contribution in [0.3, 0.4) is 0 Å². The summed E-state index contributed by atoms with van der Waals surface area (Å²) in [7, 11) is 0. The van der Waals surface area contributed by atoms with Crippen LogP contribution < -0.4 is 5.32 Å². The van der Waals surface area contributed by atoms with Crippen molar-refractivity contribution in [2.75, 3.05) is 6.54 Å². The van der Waals surface area contributed by atoms with E-state index in [1.165, 1.54) is 0 Å². The van der Waals surface area contributed by atoms with Crippen LogP contribution in [0.1, 0.15) is 0 Å². The third-order valence-corrected chi connectivity index (χ3v) is 1.38. The number of nitrogens with zero attached hydrogens (tertiary/aromatic N) is 2. The Hall–Kier alpha value is -1.25. The highest BCUT2D eigenvalue weighted by Crippen LogP contribution is 2.09. The van der Waals surface area contributed by atoms with Crippen LogP contribution in [0.25, 0.3) is 0 Å². The minimum atomic E-state index is 0.884. The Labute approximate surface area is 53.4 Å². The molecule has 1 N–H and O–H groups in total. The van der Waals surface area contributed by atoms with E-state index in [0.717, 1.165) is 12.4 Å². The van der Waals surface area contributed by atoms with E-state index in [9.17, 15) is 0 Å². The monoisotopic (exact) mass is 121 g/mol. The molecule has 0 radical (unpaired) electrons. The third-order valence-electron chi connectivity index (χ3n) is 1.38. The molecule has 0 unspecified atom stereocenters. The maximum atomic E-state index is 3.99. The molecule has 0 saturated heterocycles. The molecule has 2 rings (SSSR count). The second-order valence-electron chi connectivity index (χ2n) is 1.96. The van der Waals surface area contributed by atoms with Gasteiger partial charge in [-0.3, -0.25) is 4.99 Å². The summed E-state index contributed by atoms with van der Waals surface area (Å²) in [4.78, 5) is 6.08. The van der Waals surface area contributed by atoms with E-state index in [1.54, 1.807) is 0 Å². The van der Waals surface area contributed by atoms with Crippen LogP contribution in [-0.4, -0.2) is 17.7 Å². The summed E-state index contributed by atoms with van der Waals surface area (Å²) in [5.74, 6) is 1.07. The molecule has 2 heterocycles. The molecule has 0 amide bonds. The van der Waals surface area contributed by atoms with Gasteiger partial charge in [0.1, 0.15) is 5.82 Å². The van der Waals surface area contributed by atoms with Gasteiger partial charge in [0, 0.05) is 18.6 Å². The lowest BCUT2D eigenvalue weighted by atomic mass is 10.5. The van der Waals surface area contributed by atoms with Crippen molar-refractivity contribution < 1.29 is 0 Å². The van der Waals surface area contributed by atoms with Gasteiger partial charge >= 0.3 is 0 Å². The first-order valence-electron chi connectivity index (χ1n) is 2.88. The van der Waals surface area contributed by atoms with E-state index in [0.29, 0.717) is 0 Å². The molecule has 0 fully saturated rings. The summed E-state index contributed by atoms with van der Waals surface area (Å²) in [6.07, 6.45) is 7.59. The lowest BCUT2D eigenvalue weighted by molar-refractivity contribution is 0.528. The SMILES string of the molecule is C1=CN2CC=NC=C2N1. The molecule has 0 spiro atoms. The summed E-state index contributed by atoms with van der Waals surface area (Å²) in [6, 6.07) is 0. The maximum absolute atomic E-state index is 3.99. The molecule has 9 heavy (non-hydrogen) atoms. The Morgan fingerprint density at radius 1 is 1.67 bits per heavy atom. The first-order valence-corrected chi connectivity index (χ1v) is 2.88. The molecule has 0 aromatic rings. The molecule has 0 saturated carbocycles. The van der Waals surface area contributed by atoms with Crippen molar-refractivity contribution in [3.63, 3.8) is 0 Å². The van der Waals surface area contributed by atoms with E-state index in [4.69, 9.17) is 0 Å². The molecule has 0 aromatic heterocycles. The molecule has 3 heteroatoms. The topological polar surface area (TPSA) is 27.6 Å². The van der Waals surface area contributed by atoms with Gasteiger partial charge in [-0.15, -0.1) is 0 Å². The second-order valence-corrected chi connectivity index (χ2v) is 1.96. The number of hydrogen-bond donors (Lipinski definition) is 1. The van der Waals surface area contributed by atoms with E-state index >= 15 is 0 Å². The number of rotatable bonds is 0. The predicted octanol–water partition coefficient (Wildman–Crippen LogP) is 0.246. The highest BCUT2D eigenvalue weighted by atomic mass is 15.3. The van der Waals surface area contributed by atoms with Gasteiger partial charge in [0.2, 0.25) is 0 Å². The molecule has 46 valence electrons. The largest absolute Gasteiger partial charge is 0.345 e. The molecule has 0 aliphatic carbocycles. The van der Waals surface area contributed by atoms with Gasteiger partial charge in [-0.2, -0.15) is 0 Å². The summed E-state index contributed by atoms with van der Waals surface area (Å²) < 4.78 is 0. The van der Waals surface area contributed by atoms with Crippen molar-refractivity contribution in [3.8, 4) is 0 Å². The highest BCUT2D eigenvalue weighted by Gasteiger charge is 2.10. The molecular weight excluding hydrogens is 114 g/mol. The molecule has 0 bridgehead atoms. The van der Waals surface area contributed by atoms with Gasteiger partial charge in [0.15, 0.2) is 0 Å². The fourth-order valence-corrected chi connectivity index (χ4v) is 0.905. The Bertz CT molecular complexity index is 202. The average Bonchev–Trinajstić information content (AvgIpc) is 2.33. The summed E-state index contributed by atoms with van der Waals surface area (Å²) >= 11 is 0. The molecule has 0 atom stereocenters. The quantitative estimate of drug-likeness (QED) is 0.497. The minimum absolute atomic E-state index is 0.884. The number of hydrogen-bond acceptors (Lipinski definition) is 3. The minimum Gasteiger partial charge on any atom is -0.345 e. The summed E-state index contributed by atoms with van der Waals surface area (Å²) in [5, 5.41) is 3.05. The van der Waals surface area contributed by atoms with E-state index in [2.05, 4.69) is 15.2 Å². The Morgan fingerprint density at radius 3 is 3.56 bits per heavy atom. The third kappa shape index (κ3) is 0.614. The zero-order valence-electron chi connectivity index (χ0n) is 4.91. The zero-order chi connectivity index (χ0) is 6.10. The fraction of sp³-hybridized carbons (Fsp3) is 0.167. The van der Waals surface area contributed by atoms with Crippen LogP contribution in [0, 0.1) is 0 Å². The van der Waals surface area contributed by atoms with Gasteiger partial charge < -0.3 is 10.2 Å². The predicted molar refractivity (Wildman–Crippen MR) is 35.6 cm³/mol. The van der Waals surface area contributed by atoms with Gasteiger partial charge in [0.25, 0.3) is 0 Å². The van der Waals surface area contributed by atoms with E-state index in [1.807, 2.05) is 24.8 Å². The lowest BCUT2D eigenvalue weighted by Gasteiger charge is -2.16. The number of aliphatic imine (C=N–C) groups is 1. The number of nitrogens with one attached hydrogen (secondary N) is 1. The van der Waals surface area contributed by atoms with Gasteiger partial charge in [-0.25, -0.2) is 0 Å². The standard InChI is InChI=1S/C6H7N3/c1-3-9-4-2-8-6(9)5-7-1/h1-2,4-5,8H,3H2. The Kier molecular flexibility index (Phi) is 0.828. The highest BCUT2D eigenvalue weighted by molar-refractivity contribution is 5.63. The zero-order valence-corrected chi connectivity index (χ0v) is 4.91. The van der Waals surface area contributed by atoms with Crippen molar-refractivity contribution in [1.29, 1.82) is 0 Å². The average molecular weight is 121 g/mol. The Morgan fingerprint density at radius 2 is 2.67 bits per heavy atom. The first kappa shape index (κ1) is 4.61. The molecule has 0 aromatic carbocycles. The lowest BCUT2D eigenvalue weighted by Crippen LogP contribution is -2.22. The van der Waals surface area contributed by atoms with Crippen LogP contribution >= 0.6 is 0 Å². The van der Waals surface area contributed by atoms with Gasteiger partial charge in [-0.1, -0.05) is 0 Å². The number of fused-ring (bicyclic) bond motifs is 1. The van der Waals surface area contributed by atoms with Crippen molar-refractivity contribution in [1.82, 2.24) is 10.2 Å². The normalized spacial score (nSPS) is 21.3. The van der Waals surface area contributed by atoms with Gasteiger partial charge in [-0.05, 0) is 0 Å². The van der Waals surface area contributed by atoms with Crippen molar-refractivity contribution in [2.24, 2.45) is 4.99 Å². The molecule has 3 nitrogen and oxygen atoms in total. The van der Waals surface area contributed by atoms with Crippen LogP contribution in [-0.2, 0) is 0 Å². The van der Waals surface area contributed by atoms with Crippen LogP contribution in [0.2, 0.25) is 0 Å². The molecule has 2 aliphatic rings. The van der Waals surface area contributed by atoms with Gasteiger partial charge in [0.05, 0.1) is 12.7 Å². The maximum Gasteiger partial charge on any atom is 0.129 e. The summed E-state index contributed by atoms with van der Waals surface area (Å²) in [6.45, 7) is 0.884. The fourth-order valence-electron chi connectivity index (χ4n) is 0.905. The van der Waals surface area contributed by atoms with E-state index < -0.39 is 0 Å².